The molecule has 1 aromatic rings. The number of rotatable bonds is 8. The predicted octanol–water partition coefficient (Wildman–Crippen LogP) is 1.80. The van der Waals surface area contributed by atoms with Crippen molar-refractivity contribution in [1.29, 1.82) is 0 Å². The van der Waals surface area contributed by atoms with Gasteiger partial charge in [0.1, 0.15) is 0 Å². The molecule has 5 nitrogen and oxygen atoms in total. The summed E-state index contributed by atoms with van der Waals surface area (Å²) in [6.07, 6.45) is 0.665. The molecule has 2 N–H and O–H groups in total. The normalized spacial score (nSPS) is 11.7. The molecule has 0 aliphatic heterocycles. The third kappa shape index (κ3) is 6.89. The molecule has 0 aromatic heterocycles. The van der Waals surface area contributed by atoms with Crippen molar-refractivity contribution in [2.45, 2.75) is 19.8 Å². The Balaban J connectivity index is 2.26. The van der Waals surface area contributed by atoms with Crippen molar-refractivity contribution in [3.63, 3.8) is 0 Å². The second-order valence-electron chi connectivity index (χ2n) is 4.77. The quantitative estimate of drug-likeness (QED) is 0.713. The summed E-state index contributed by atoms with van der Waals surface area (Å²) in [4.78, 5) is 23.4. The number of amides is 2. The van der Waals surface area contributed by atoms with Gasteiger partial charge < -0.3 is 15.4 Å². The van der Waals surface area contributed by atoms with E-state index in [1.54, 1.807) is 7.11 Å². The van der Waals surface area contributed by atoms with Gasteiger partial charge >= 0.3 is 0 Å². The number of anilines is 1. The van der Waals surface area contributed by atoms with Crippen LogP contribution in [0.5, 0.6) is 0 Å². The molecule has 1 aromatic carbocycles. The Labute approximate surface area is 119 Å². The van der Waals surface area contributed by atoms with Crippen LogP contribution in [0.25, 0.3) is 0 Å². The van der Waals surface area contributed by atoms with E-state index in [2.05, 4.69) is 10.6 Å². The third-order valence-corrected chi connectivity index (χ3v) is 2.75. The number of ether oxygens (including phenoxy) is 1. The molecule has 0 radical (unpaired) electrons. The average molecular weight is 278 g/mol. The summed E-state index contributed by atoms with van der Waals surface area (Å²) < 4.78 is 4.85. The van der Waals surface area contributed by atoms with E-state index in [4.69, 9.17) is 4.74 Å². The molecular formula is C15H22N2O3. The average Bonchev–Trinajstić information content (AvgIpc) is 2.39. The number of carbonyl (C=O) groups excluding carboxylic acids is 2. The summed E-state index contributed by atoms with van der Waals surface area (Å²) in [6.45, 7) is 2.88. The Morgan fingerprint density at radius 1 is 1.15 bits per heavy atom. The lowest BCUT2D eigenvalue weighted by Crippen LogP contribution is -2.29. The van der Waals surface area contributed by atoms with E-state index in [9.17, 15) is 9.59 Å². The molecular weight excluding hydrogens is 256 g/mol. The van der Waals surface area contributed by atoms with Crippen LogP contribution in [-0.4, -0.2) is 32.1 Å². The number of carbonyl (C=O) groups is 2. The fraction of sp³-hybridized carbons (Fsp3) is 0.467. The lowest BCUT2D eigenvalue weighted by molar-refractivity contribution is -0.122. The molecule has 0 fully saturated rings. The van der Waals surface area contributed by atoms with E-state index >= 15 is 0 Å². The second kappa shape index (κ2) is 9.09. The lowest BCUT2D eigenvalue weighted by Gasteiger charge is -2.11. The minimum Gasteiger partial charge on any atom is -0.383 e. The van der Waals surface area contributed by atoms with Gasteiger partial charge in [-0.3, -0.25) is 9.59 Å². The number of benzene rings is 1. The van der Waals surface area contributed by atoms with Crippen LogP contribution in [0.1, 0.15) is 19.8 Å². The zero-order chi connectivity index (χ0) is 14.8. The number of nitrogens with one attached hydrogen (secondary N) is 2. The first-order valence-electron chi connectivity index (χ1n) is 6.72. The number of hydrogen-bond donors (Lipinski definition) is 2. The lowest BCUT2D eigenvalue weighted by atomic mass is 10.0. The Morgan fingerprint density at radius 3 is 2.45 bits per heavy atom. The van der Waals surface area contributed by atoms with Gasteiger partial charge in [0.05, 0.1) is 6.61 Å². The SMILES string of the molecule is COCCNC(=O)CC(C)CC(=O)Nc1ccccc1. The zero-order valence-electron chi connectivity index (χ0n) is 12.0. The summed E-state index contributed by atoms with van der Waals surface area (Å²) in [5.41, 5.74) is 0.772. The van der Waals surface area contributed by atoms with Crippen LogP contribution in [0.2, 0.25) is 0 Å². The van der Waals surface area contributed by atoms with E-state index in [1.807, 2.05) is 37.3 Å². The van der Waals surface area contributed by atoms with Gasteiger partial charge in [-0.15, -0.1) is 0 Å². The van der Waals surface area contributed by atoms with E-state index in [0.29, 0.717) is 26.0 Å². The van der Waals surface area contributed by atoms with Crippen molar-refractivity contribution in [2.75, 3.05) is 25.6 Å². The first-order valence-corrected chi connectivity index (χ1v) is 6.72. The van der Waals surface area contributed by atoms with Gasteiger partial charge in [0.25, 0.3) is 0 Å². The van der Waals surface area contributed by atoms with Crippen molar-refractivity contribution in [1.82, 2.24) is 5.32 Å². The van der Waals surface area contributed by atoms with E-state index in [1.165, 1.54) is 0 Å². The topological polar surface area (TPSA) is 67.4 Å². The van der Waals surface area contributed by atoms with Crippen LogP contribution >= 0.6 is 0 Å². The minimum atomic E-state index is -0.0756. The van der Waals surface area contributed by atoms with E-state index in [-0.39, 0.29) is 17.7 Å². The molecule has 0 bridgehead atoms. The summed E-state index contributed by atoms with van der Waals surface area (Å²) in [7, 11) is 1.59. The molecule has 110 valence electrons. The van der Waals surface area contributed by atoms with Gasteiger partial charge in [0.2, 0.25) is 11.8 Å². The Kier molecular flexibility index (Phi) is 7.35. The van der Waals surface area contributed by atoms with Crippen molar-refractivity contribution < 1.29 is 14.3 Å². The number of methoxy groups -OCH3 is 1. The van der Waals surface area contributed by atoms with Crippen LogP contribution in [0.3, 0.4) is 0 Å². The second-order valence-corrected chi connectivity index (χ2v) is 4.77. The molecule has 0 heterocycles. The van der Waals surface area contributed by atoms with Gasteiger partial charge in [-0.1, -0.05) is 25.1 Å². The van der Waals surface area contributed by atoms with E-state index < -0.39 is 0 Å². The van der Waals surface area contributed by atoms with Gasteiger partial charge in [0, 0.05) is 32.2 Å². The van der Waals surface area contributed by atoms with Crippen molar-refractivity contribution in [3.05, 3.63) is 30.3 Å². The van der Waals surface area contributed by atoms with Crippen LogP contribution < -0.4 is 10.6 Å². The first kappa shape index (κ1) is 16.2. The fourth-order valence-electron chi connectivity index (χ4n) is 1.80. The molecule has 1 rings (SSSR count). The van der Waals surface area contributed by atoms with Crippen molar-refractivity contribution in [3.8, 4) is 0 Å². The highest BCUT2D eigenvalue weighted by atomic mass is 16.5. The van der Waals surface area contributed by atoms with Gasteiger partial charge in [0.15, 0.2) is 0 Å². The molecule has 1 atom stereocenters. The maximum atomic E-state index is 11.8. The van der Waals surface area contributed by atoms with Gasteiger partial charge in [-0.2, -0.15) is 0 Å². The molecule has 0 aliphatic rings. The number of para-hydroxylation sites is 1. The molecule has 0 spiro atoms. The van der Waals surface area contributed by atoms with Crippen LogP contribution in [-0.2, 0) is 14.3 Å². The predicted molar refractivity (Wildman–Crippen MR) is 78.4 cm³/mol. The Morgan fingerprint density at radius 2 is 1.80 bits per heavy atom. The van der Waals surface area contributed by atoms with Crippen LogP contribution in [0, 0.1) is 5.92 Å². The summed E-state index contributed by atoms with van der Waals surface area (Å²) in [5, 5.41) is 5.55. The zero-order valence-corrected chi connectivity index (χ0v) is 12.0. The Hall–Kier alpha value is -1.88. The Bertz CT molecular complexity index is 420. The van der Waals surface area contributed by atoms with E-state index in [0.717, 1.165) is 5.69 Å². The fourth-order valence-corrected chi connectivity index (χ4v) is 1.80. The highest BCUT2D eigenvalue weighted by Gasteiger charge is 2.13. The largest absolute Gasteiger partial charge is 0.383 e. The summed E-state index contributed by atoms with van der Waals surface area (Å²) in [6, 6.07) is 9.28. The molecule has 20 heavy (non-hydrogen) atoms. The smallest absolute Gasteiger partial charge is 0.224 e. The van der Waals surface area contributed by atoms with Crippen molar-refractivity contribution in [2.24, 2.45) is 5.92 Å². The summed E-state index contributed by atoms with van der Waals surface area (Å²) >= 11 is 0. The molecule has 1 unspecified atom stereocenters. The maximum absolute atomic E-state index is 11.8. The minimum absolute atomic E-state index is 0.00116. The molecule has 2 amide bonds. The monoisotopic (exact) mass is 278 g/mol. The van der Waals surface area contributed by atoms with Crippen LogP contribution in [0.4, 0.5) is 5.69 Å². The van der Waals surface area contributed by atoms with Crippen LogP contribution in [0.15, 0.2) is 30.3 Å². The third-order valence-electron chi connectivity index (χ3n) is 2.75. The number of hydrogen-bond acceptors (Lipinski definition) is 3. The first-order chi connectivity index (χ1) is 9.61. The summed E-state index contributed by atoms with van der Waals surface area (Å²) in [5.74, 6) is -0.128. The molecule has 0 aliphatic carbocycles. The molecule has 0 saturated carbocycles. The highest BCUT2D eigenvalue weighted by molar-refractivity contribution is 5.91. The highest BCUT2D eigenvalue weighted by Crippen LogP contribution is 2.11. The van der Waals surface area contributed by atoms with Gasteiger partial charge in [-0.25, -0.2) is 0 Å². The van der Waals surface area contributed by atoms with Gasteiger partial charge in [-0.05, 0) is 18.1 Å². The standard InChI is InChI=1S/C15H22N2O3/c1-12(10-14(18)16-8-9-20-2)11-15(19)17-13-6-4-3-5-7-13/h3-7,12H,8-11H2,1-2H3,(H,16,18)(H,17,19). The van der Waals surface area contributed by atoms with Crippen molar-refractivity contribution >= 4 is 17.5 Å². The molecule has 5 heteroatoms. The maximum Gasteiger partial charge on any atom is 0.224 e. The molecule has 0 saturated heterocycles.